The highest BCUT2D eigenvalue weighted by molar-refractivity contribution is 5.75. The van der Waals surface area contributed by atoms with Crippen LogP contribution in [0.5, 0.6) is 0 Å². The molecule has 0 aromatic heterocycles. The topological polar surface area (TPSA) is 251 Å². The van der Waals surface area contributed by atoms with Gasteiger partial charge in [0.05, 0.1) is 31.3 Å². The van der Waals surface area contributed by atoms with Gasteiger partial charge in [-0.05, 0) is 98.0 Å². The van der Waals surface area contributed by atoms with Crippen LogP contribution in [0.2, 0.25) is 0 Å². The van der Waals surface area contributed by atoms with Gasteiger partial charge in [0.25, 0.3) is 0 Å². The Morgan fingerprint density at radius 1 is 0.864 bits per heavy atom. The quantitative estimate of drug-likeness (QED) is 0.142. The van der Waals surface area contributed by atoms with Crippen LogP contribution in [0.25, 0.3) is 0 Å². The van der Waals surface area contributed by atoms with Gasteiger partial charge >= 0.3 is 11.9 Å². The molecule has 0 amide bonds. The SMILES string of the molecule is CC(=O)O[C@H]1C[C@H]2C3=CC[C@H]4C[C@@H](O[C@@H]5O[C@H](CO)[C@@H](O)[C@H](O)[C@H]5O[C@@H]5O[C@H](CO)[C@H](O)[C@H](O)[C@H]5O)CC[C@]4(C)C3=CC[C@]2(C)[C@H]1[C@H]1CC[C@@](C(C)C)([C@@H](C)O)OC1=O. The minimum Gasteiger partial charge on any atom is -0.462 e. The van der Waals surface area contributed by atoms with E-state index in [0.717, 1.165) is 12.8 Å². The van der Waals surface area contributed by atoms with E-state index in [1.165, 1.54) is 18.1 Å². The number of rotatable bonds is 10. The first-order valence-corrected chi connectivity index (χ1v) is 21.5. The van der Waals surface area contributed by atoms with E-state index in [-0.39, 0.29) is 35.1 Å². The number of carbonyl (C=O) groups is 2. The number of hydrogen-bond acceptors (Lipinski definition) is 16. The Labute approximate surface area is 345 Å². The summed E-state index contributed by atoms with van der Waals surface area (Å²) in [5, 5.41) is 83.6. The third-order valence-electron chi connectivity index (χ3n) is 15.7. The van der Waals surface area contributed by atoms with Gasteiger partial charge in [0, 0.05) is 12.8 Å². The van der Waals surface area contributed by atoms with Gasteiger partial charge in [0.15, 0.2) is 12.6 Å². The van der Waals surface area contributed by atoms with Crippen LogP contribution in [0.15, 0.2) is 23.3 Å². The molecule has 16 heteroatoms. The van der Waals surface area contributed by atoms with Crippen molar-refractivity contribution >= 4 is 11.9 Å². The number of aliphatic hydroxyl groups is 8. The summed E-state index contributed by atoms with van der Waals surface area (Å²) in [5.41, 5.74) is 0.889. The third kappa shape index (κ3) is 7.64. The van der Waals surface area contributed by atoms with Crippen LogP contribution >= 0.6 is 0 Å². The van der Waals surface area contributed by atoms with Crippen LogP contribution in [0, 0.1) is 40.4 Å². The number of esters is 2. The average Bonchev–Trinajstić information content (AvgIpc) is 3.47. The van der Waals surface area contributed by atoms with Crippen LogP contribution in [0.3, 0.4) is 0 Å². The molecule has 0 aromatic rings. The summed E-state index contributed by atoms with van der Waals surface area (Å²) < 4.78 is 36.1. The summed E-state index contributed by atoms with van der Waals surface area (Å²) in [6, 6.07) is 0. The van der Waals surface area contributed by atoms with Crippen molar-refractivity contribution in [2.24, 2.45) is 40.4 Å². The summed E-state index contributed by atoms with van der Waals surface area (Å²) in [4.78, 5) is 26.5. The lowest BCUT2D eigenvalue weighted by Gasteiger charge is -2.54. The normalized spacial score (nSPS) is 49.2. The first-order valence-electron chi connectivity index (χ1n) is 21.5. The van der Waals surface area contributed by atoms with Crippen molar-refractivity contribution in [3.05, 3.63) is 23.3 Å². The molecule has 20 atom stereocenters. The molecule has 4 aliphatic carbocycles. The second-order valence-electron chi connectivity index (χ2n) is 19.2. The number of cyclic esters (lactones) is 1. The van der Waals surface area contributed by atoms with Crippen molar-refractivity contribution < 1.29 is 78.9 Å². The second-order valence-corrected chi connectivity index (χ2v) is 19.2. The Morgan fingerprint density at radius 2 is 1.53 bits per heavy atom. The molecule has 0 bridgehead atoms. The first-order chi connectivity index (χ1) is 27.8. The van der Waals surface area contributed by atoms with Crippen molar-refractivity contribution in [3.63, 3.8) is 0 Å². The fraction of sp³-hybridized carbons (Fsp3) is 0.860. The molecule has 8 N–H and O–H groups in total. The highest BCUT2D eigenvalue weighted by Gasteiger charge is 2.63. The van der Waals surface area contributed by atoms with Crippen molar-refractivity contribution in [2.45, 2.75) is 178 Å². The van der Waals surface area contributed by atoms with E-state index in [1.807, 2.05) is 13.8 Å². The minimum absolute atomic E-state index is 0.0317. The van der Waals surface area contributed by atoms with E-state index < -0.39 is 116 Å². The van der Waals surface area contributed by atoms with E-state index in [9.17, 15) is 50.4 Å². The zero-order valence-electron chi connectivity index (χ0n) is 35.0. The Morgan fingerprint density at radius 3 is 2.14 bits per heavy atom. The average molecular weight is 839 g/mol. The maximum Gasteiger partial charge on any atom is 0.310 e. The molecule has 5 fully saturated rings. The minimum atomic E-state index is -1.77. The van der Waals surface area contributed by atoms with Gasteiger partial charge in [0.2, 0.25) is 0 Å². The lowest BCUT2D eigenvalue weighted by atomic mass is 9.51. The van der Waals surface area contributed by atoms with E-state index >= 15 is 0 Å². The van der Waals surface area contributed by atoms with Gasteiger partial charge in [-0.15, -0.1) is 0 Å². The molecule has 334 valence electrons. The number of fused-ring (bicyclic) bond motifs is 5. The smallest absolute Gasteiger partial charge is 0.310 e. The first kappa shape index (κ1) is 45.0. The Bertz CT molecular complexity index is 1600. The van der Waals surface area contributed by atoms with Gasteiger partial charge in [-0.3, -0.25) is 9.59 Å². The predicted molar refractivity (Wildman–Crippen MR) is 205 cm³/mol. The molecule has 0 aromatic carbocycles. The number of ether oxygens (including phenoxy) is 6. The molecule has 59 heavy (non-hydrogen) atoms. The highest BCUT2D eigenvalue weighted by atomic mass is 16.8. The summed E-state index contributed by atoms with van der Waals surface area (Å²) >= 11 is 0. The molecule has 0 radical (unpaired) electrons. The van der Waals surface area contributed by atoms with Crippen LogP contribution in [-0.4, -0.2) is 151 Å². The maximum atomic E-state index is 14.0. The van der Waals surface area contributed by atoms with Gasteiger partial charge in [-0.1, -0.05) is 39.8 Å². The molecule has 16 nitrogen and oxygen atoms in total. The Balaban J connectivity index is 1.09. The molecule has 0 spiro atoms. The fourth-order valence-electron chi connectivity index (χ4n) is 12.2. The monoisotopic (exact) mass is 838 g/mol. The largest absolute Gasteiger partial charge is 0.462 e. The molecule has 3 saturated heterocycles. The summed E-state index contributed by atoms with van der Waals surface area (Å²) in [7, 11) is 0. The predicted octanol–water partition coefficient (Wildman–Crippen LogP) is 0.765. The lowest BCUT2D eigenvalue weighted by molar-refractivity contribution is -0.372. The standard InChI is InChI=1S/C43H66O16/c1-19(2)43(20(3)46)14-10-25(38(53)59-43)31-28(54-21(4)47)16-27-24-8-7-22-15-23(9-12-41(22,5)26(24)11-13-42(27,31)6)55-40-37(35(51)33(49)30(18-45)57-40)58-39-36(52)34(50)32(48)29(17-44)56-39/h8,11,19-20,22-23,25,27-37,39-40,44-46,48-52H,7,9-10,12-18H2,1-6H3/t20-,22+,23+,25-,27+,28+,29-,30-,31+,32+,33-,34+,35+,36-,37-,39+,40-,41+,42+,43-/m1/s1. The fourth-order valence-corrected chi connectivity index (χ4v) is 12.2. The van der Waals surface area contributed by atoms with Crippen LogP contribution < -0.4 is 0 Å². The lowest BCUT2D eigenvalue weighted by Crippen LogP contribution is -2.65. The van der Waals surface area contributed by atoms with Gasteiger partial charge in [-0.25, -0.2) is 0 Å². The molecular weight excluding hydrogens is 772 g/mol. The number of carbonyl (C=O) groups excluding carboxylic acids is 2. The molecule has 2 saturated carbocycles. The zero-order valence-corrected chi connectivity index (χ0v) is 35.0. The van der Waals surface area contributed by atoms with Gasteiger partial charge in [-0.2, -0.15) is 0 Å². The van der Waals surface area contributed by atoms with Crippen molar-refractivity contribution in [1.82, 2.24) is 0 Å². The summed E-state index contributed by atoms with van der Waals surface area (Å²) in [6.45, 7) is 10.2. The van der Waals surface area contributed by atoms with Gasteiger partial charge in [0.1, 0.15) is 60.5 Å². The van der Waals surface area contributed by atoms with E-state index in [4.69, 9.17) is 28.4 Å². The molecule has 3 aliphatic heterocycles. The molecule has 7 rings (SSSR count). The van der Waals surface area contributed by atoms with E-state index in [1.54, 1.807) is 6.92 Å². The maximum absolute atomic E-state index is 14.0. The van der Waals surface area contributed by atoms with Crippen molar-refractivity contribution in [3.8, 4) is 0 Å². The van der Waals surface area contributed by atoms with Crippen LogP contribution in [0.4, 0.5) is 0 Å². The molecule has 7 aliphatic rings. The summed E-state index contributed by atoms with van der Waals surface area (Å²) in [5.74, 6) is -1.41. The third-order valence-corrected chi connectivity index (χ3v) is 15.7. The number of aliphatic hydroxyl groups excluding tert-OH is 8. The number of allylic oxidation sites excluding steroid dienone is 4. The molecule has 0 unspecified atom stereocenters. The highest BCUT2D eigenvalue weighted by Crippen LogP contribution is 2.66. The zero-order chi connectivity index (χ0) is 42.9. The second kappa shape index (κ2) is 16.9. The Kier molecular flexibility index (Phi) is 12.9. The van der Waals surface area contributed by atoms with Crippen LogP contribution in [0.1, 0.15) is 92.9 Å². The van der Waals surface area contributed by atoms with Crippen molar-refractivity contribution in [1.29, 1.82) is 0 Å². The molecule has 3 heterocycles. The van der Waals surface area contributed by atoms with Crippen LogP contribution in [-0.2, 0) is 38.0 Å². The van der Waals surface area contributed by atoms with Crippen molar-refractivity contribution in [2.75, 3.05) is 13.2 Å². The Hall–Kier alpha value is -2.06. The van der Waals surface area contributed by atoms with E-state index in [2.05, 4.69) is 26.0 Å². The van der Waals surface area contributed by atoms with Gasteiger partial charge < -0.3 is 69.3 Å². The number of hydrogen-bond donors (Lipinski definition) is 8. The van der Waals surface area contributed by atoms with E-state index in [0.29, 0.717) is 38.5 Å². The summed E-state index contributed by atoms with van der Waals surface area (Å²) in [6.07, 6.45) is -7.42. The molecular formula is C43H66O16.